The van der Waals surface area contributed by atoms with Gasteiger partial charge in [-0.2, -0.15) is 0 Å². The highest BCUT2D eigenvalue weighted by Crippen LogP contribution is 2.38. The van der Waals surface area contributed by atoms with Crippen molar-refractivity contribution in [2.75, 3.05) is 0 Å². The largest absolute Gasteiger partial charge is 0.456 e. The zero-order chi connectivity index (χ0) is 30.9. The fourth-order valence-electron chi connectivity index (χ4n) is 7.00. The number of aromatic nitrogens is 3. The standard InChI is InChI=1S/C43H25N3O/c1-2-10-27-23-28(18-17-26(27)9-1)41-44-42(46-43(45-41)30-20-22-40-38(25-30)36-15-7-8-16-39(36)47-40)29-19-21-35-33-13-4-3-11-31(33)32-12-5-6-14-34(32)37(35)24-29/h1-25H. The number of benzene rings is 8. The van der Waals surface area contributed by atoms with Crippen LogP contribution in [0.2, 0.25) is 0 Å². The van der Waals surface area contributed by atoms with E-state index >= 15 is 0 Å². The van der Waals surface area contributed by atoms with E-state index in [0.29, 0.717) is 17.5 Å². The van der Waals surface area contributed by atoms with Gasteiger partial charge in [0.1, 0.15) is 11.2 Å². The summed E-state index contributed by atoms with van der Waals surface area (Å²) in [5.41, 5.74) is 4.50. The van der Waals surface area contributed by atoms with E-state index in [2.05, 4.69) is 121 Å². The van der Waals surface area contributed by atoms with Crippen LogP contribution >= 0.6 is 0 Å². The van der Waals surface area contributed by atoms with Crippen LogP contribution in [0.3, 0.4) is 0 Å². The van der Waals surface area contributed by atoms with Gasteiger partial charge in [-0.3, -0.25) is 0 Å². The van der Waals surface area contributed by atoms with Crippen LogP contribution in [0.1, 0.15) is 0 Å². The van der Waals surface area contributed by atoms with Gasteiger partial charge in [0, 0.05) is 27.5 Å². The minimum absolute atomic E-state index is 0.619. The fraction of sp³-hybridized carbons (Fsp3) is 0. The van der Waals surface area contributed by atoms with Crippen LogP contribution in [-0.4, -0.2) is 15.0 Å². The van der Waals surface area contributed by atoms with E-state index in [1.54, 1.807) is 0 Å². The molecule has 0 fully saturated rings. The Morgan fingerprint density at radius 3 is 1.43 bits per heavy atom. The summed E-state index contributed by atoms with van der Waals surface area (Å²) in [7, 11) is 0. The van der Waals surface area contributed by atoms with Crippen LogP contribution < -0.4 is 0 Å². The molecule has 0 aliphatic heterocycles. The van der Waals surface area contributed by atoms with E-state index in [0.717, 1.165) is 44.0 Å². The second-order valence-electron chi connectivity index (χ2n) is 12.0. The van der Waals surface area contributed by atoms with Crippen LogP contribution in [0.15, 0.2) is 156 Å². The lowest BCUT2D eigenvalue weighted by molar-refractivity contribution is 0.669. The van der Waals surface area contributed by atoms with E-state index in [-0.39, 0.29) is 0 Å². The molecule has 4 nitrogen and oxygen atoms in total. The molecule has 0 aliphatic rings. The van der Waals surface area contributed by atoms with Gasteiger partial charge in [-0.15, -0.1) is 0 Å². The molecule has 218 valence electrons. The van der Waals surface area contributed by atoms with Crippen molar-refractivity contribution in [3.05, 3.63) is 152 Å². The van der Waals surface area contributed by atoms with Crippen LogP contribution in [0.25, 0.3) is 99.2 Å². The average Bonchev–Trinajstić information content (AvgIpc) is 3.52. The molecular formula is C43H25N3O. The number of nitrogens with zero attached hydrogens (tertiary/aromatic N) is 3. The number of rotatable bonds is 3. The Morgan fingerprint density at radius 2 is 0.745 bits per heavy atom. The predicted octanol–water partition coefficient (Wildman–Crippen LogP) is 11.4. The molecule has 0 unspecified atom stereocenters. The van der Waals surface area contributed by atoms with Gasteiger partial charge < -0.3 is 4.42 Å². The van der Waals surface area contributed by atoms with Gasteiger partial charge in [-0.1, -0.05) is 115 Å². The van der Waals surface area contributed by atoms with Gasteiger partial charge in [0.25, 0.3) is 0 Å². The second kappa shape index (κ2) is 10.1. The van der Waals surface area contributed by atoms with Crippen LogP contribution in [0.5, 0.6) is 0 Å². The molecule has 0 radical (unpaired) electrons. The number of para-hydroxylation sites is 1. The summed E-state index contributed by atoms with van der Waals surface area (Å²) < 4.78 is 6.12. The second-order valence-corrected chi connectivity index (χ2v) is 12.0. The van der Waals surface area contributed by atoms with E-state index in [1.165, 1.54) is 37.7 Å². The smallest absolute Gasteiger partial charge is 0.164 e. The van der Waals surface area contributed by atoms with Crippen molar-refractivity contribution in [3.8, 4) is 34.2 Å². The van der Waals surface area contributed by atoms with Crippen molar-refractivity contribution in [1.29, 1.82) is 0 Å². The Bertz CT molecular complexity index is 2830. The number of fused-ring (bicyclic) bond motifs is 10. The summed E-state index contributed by atoms with van der Waals surface area (Å²) in [6.45, 7) is 0. The monoisotopic (exact) mass is 599 g/mol. The summed E-state index contributed by atoms with van der Waals surface area (Å²) >= 11 is 0. The van der Waals surface area contributed by atoms with Crippen molar-refractivity contribution >= 4 is 65.0 Å². The molecule has 0 saturated heterocycles. The Balaban J connectivity index is 1.22. The predicted molar refractivity (Wildman–Crippen MR) is 193 cm³/mol. The summed E-state index contributed by atoms with van der Waals surface area (Å²) in [4.78, 5) is 15.3. The van der Waals surface area contributed by atoms with Crippen molar-refractivity contribution < 1.29 is 4.42 Å². The SMILES string of the molecule is c1ccc2cc(-c3nc(-c4ccc5oc6ccccc6c5c4)nc(-c4ccc5c6ccccc6c6ccccc6c5c4)n3)ccc2c1. The Labute approximate surface area is 269 Å². The van der Waals surface area contributed by atoms with Gasteiger partial charge >= 0.3 is 0 Å². The van der Waals surface area contributed by atoms with Crippen molar-refractivity contribution in [2.45, 2.75) is 0 Å². The molecule has 0 N–H and O–H groups in total. The van der Waals surface area contributed by atoms with E-state index in [1.807, 2.05) is 30.3 Å². The lowest BCUT2D eigenvalue weighted by Crippen LogP contribution is -2.00. The molecule has 0 aliphatic carbocycles. The van der Waals surface area contributed by atoms with Crippen molar-refractivity contribution in [2.24, 2.45) is 0 Å². The topological polar surface area (TPSA) is 51.8 Å². The van der Waals surface area contributed by atoms with E-state index < -0.39 is 0 Å². The molecule has 8 aromatic carbocycles. The van der Waals surface area contributed by atoms with Crippen LogP contribution in [0.4, 0.5) is 0 Å². The molecule has 4 heteroatoms. The van der Waals surface area contributed by atoms with E-state index in [9.17, 15) is 0 Å². The van der Waals surface area contributed by atoms with Gasteiger partial charge in [0.15, 0.2) is 17.5 Å². The minimum Gasteiger partial charge on any atom is -0.456 e. The molecule has 10 aromatic rings. The maximum atomic E-state index is 6.12. The molecule has 0 bridgehead atoms. The van der Waals surface area contributed by atoms with Crippen LogP contribution in [0, 0.1) is 0 Å². The highest BCUT2D eigenvalue weighted by atomic mass is 16.3. The zero-order valence-corrected chi connectivity index (χ0v) is 25.2. The molecule has 47 heavy (non-hydrogen) atoms. The Hall–Kier alpha value is -6.39. The van der Waals surface area contributed by atoms with E-state index in [4.69, 9.17) is 19.4 Å². The third-order valence-corrected chi connectivity index (χ3v) is 9.28. The van der Waals surface area contributed by atoms with Crippen LogP contribution in [-0.2, 0) is 0 Å². The fourth-order valence-corrected chi connectivity index (χ4v) is 7.00. The van der Waals surface area contributed by atoms with Gasteiger partial charge in [0.2, 0.25) is 0 Å². The molecule has 0 amide bonds. The van der Waals surface area contributed by atoms with Crippen molar-refractivity contribution in [1.82, 2.24) is 15.0 Å². The van der Waals surface area contributed by atoms with Gasteiger partial charge in [-0.25, -0.2) is 15.0 Å². The number of furan rings is 1. The number of hydrogen-bond acceptors (Lipinski definition) is 4. The first-order valence-electron chi connectivity index (χ1n) is 15.8. The lowest BCUT2D eigenvalue weighted by atomic mass is 9.93. The Kier molecular flexibility index (Phi) is 5.54. The first-order valence-corrected chi connectivity index (χ1v) is 15.8. The third-order valence-electron chi connectivity index (χ3n) is 9.28. The molecule has 0 atom stereocenters. The molecule has 2 aromatic heterocycles. The van der Waals surface area contributed by atoms with Gasteiger partial charge in [-0.05, 0) is 79.5 Å². The summed E-state index contributed by atoms with van der Waals surface area (Å²) in [6.07, 6.45) is 0. The third kappa shape index (κ3) is 4.12. The normalized spacial score (nSPS) is 11.8. The molecule has 0 saturated carbocycles. The minimum atomic E-state index is 0.619. The molecule has 0 spiro atoms. The zero-order valence-electron chi connectivity index (χ0n) is 25.2. The summed E-state index contributed by atoms with van der Waals surface area (Å²) in [5, 5.41) is 11.8. The highest BCUT2D eigenvalue weighted by Gasteiger charge is 2.16. The number of hydrogen-bond donors (Lipinski definition) is 0. The Morgan fingerprint density at radius 1 is 0.298 bits per heavy atom. The average molecular weight is 600 g/mol. The summed E-state index contributed by atoms with van der Waals surface area (Å²) in [5.74, 6) is 1.89. The highest BCUT2D eigenvalue weighted by molar-refractivity contribution is 6.25. The molecular weight excluding hydrogens is 574 g/mol. The quantitative estimate of drug-likeness (QED) is 0.190. The first kappa shape index (κ1) is 25.9. The maximum Gasteiger partial charge on any atom is 0.164 e. The first-order chi connectivity index (χ1) is 23.3. The van der Waals surface area contributed by atoms with Crippen molar-refractivity contribution in [3.63, 3.8) is 0 Å². The summed E-state index contributed by atoms with van der Waals surface area (Å²) in [6, 6.07) is 52.9. The molecule has 2 heterocycles. The lowest BCUT2D eigenvalue weighted by Gasteiger charge is -2.13. The van der Waals surface area contributed by atoms with Gasteiger partial charge in [0.05, 0.1) is 0 Å². The molecule has 10 rings (SSSR count). The maximum absolute atomic E-state index is 6.12.